The van der Waals surface area contributed by atoms with Gasteiger partial charge in [0.1, 0.15) is 11.8 Å². The summed E-state index contributed by atoms with van der Waals surface area (Å²) in [5.41, 5.74) is 0.850. The van der Waals surface area contributed by atoms with Gasteiger partial charge in [-0.25, -0.2) is 0 Å². The van der Waals surface area contributed by atoms with Crippen LogP contribution in [0.5, 0.6) is 5.75 Å². The minimum absolute atomic E-state index is 0.0381. The van der Waals surface area contributed by atoms with E-state index in [4.69, 9.17) is 16.3 Å². The molecule has 2 atom stereocenters. The summed E-state index contributed by atoms with van der Waals surface area (Å²) in [7, 11) is 0. The van der Waals surface area contributed by atoms with Crippen molar-refractivity contribution in [2.24, 2.45) is 0 Å². The van der Waals surface area contributed by atoms with Crippen molar-refractivity contribution in [1.82, 2.24) is 10.2 Å². The van der Waals surface area contributed by atoms with Crippen LogP contribution in [0.2, 0.25) is 5.02 Å². The van der Waals surface area contributed by atoms with E-state index in [-0.39, 0.29) is 31.0 Å². The molecule has 0 radical (unpaired) electrons. The summed E-state index contributed by atoms with van der Waals surface area (Å²) in [4.78, 5) is 27.1. The number of nitrogens with one attached hydrogen (secondary N) is 1. The molecule has 0 saturated heterocycles. The van der Waals surface area contributed by atoms with Gasteiger partial charge in [-0.1, -0.05) is 30.7 Å². The van der Waals surface area contributed by atoms with Crippen molar-refractivity contribution in [2.75, 3.05) is 6.61 Å². The molecule has 0 aromatic heterocycles. The molecule has 7 heteroatoms. The first-order valence-corrected chi connectivity index (χ1v) is 11.0. The molecule has 0 aliphatic heterocycles. The number of ether oxygens (including phenoxy) is 1. The van der Waals surface area contributed by atoms with Crippen LogP contribution in [0.4, 0.5) is 0 Å². The summed E-state index contributed by atoms with van der Waals surface area (Å²) in [5, 5.41) is 3.53. The van der Waals surface area contributed by atoms with E-state index in [0.29, 0.717) is 10.8 Å². The van der Waals surface area contributed by atoms with Gasteiger partial charge in [-0.3, -0.25) is 9.59 Å². The smallest absolute Gasteiger partial charge is 0.261 e. The van der Waals surface area contributed by atoms with Crippen molar-refractivity contribution < 1.29 is 14.3 Å². The Bertz CT molecular complexity index is 829. The van der Waals surface area contributed by atoms with Crippen LogP contribution in [-0.2, 0) is 16.1 Å². The van der Waals surface area contributed by atoms with Crippen molar-refractivity contribution in [3.8, 4) is 5.75 Å². The second-order valence-electron chi connectivity index (χ2n) is 6.89. The Kier molecular flexibility index (Phi) is 9.23. The van der Waals surface area contributed by atoms with E-state index in [1.807, 2.05) is 50.2 Å². The Morgan fingerprint density at radius 1 is 1.17 bits per heavy atom. The Balaban J connectivity index is 2.14. The van der Waals surface area contributed by atoms with Gasteiger partial charge in [0.05, 0.1) is 0 Å². The maximum absolute atomic E-state index is 13.0. The van der Waals surface area contributed by atoms with Gasteiger partial charge in [0.15, 0.2) is 6.61 Å². The highest BCUT2D eigenvalue weighted by Crippen LogP contribution is 2.17. The molecule has 0 aliphatic rings. The van der Waals surface area contributed by atoms with E-state index >= 15 is 0 Å². The predicted molar refractivity (Wildman–Crippen MR) is 124 cm³/mol. The van der Waals surface area contributed by atoms with E-state index in [2.05, 4.69) is 27.9 Å². The van der Waals surface area contributed by atoms with E-state index in [0.717, 1.165) is 15.6 Å². The number of halogens is 2. The zero-order valence-corrected chi connectivity index (χ0v) is 19.7. The average molecular weight is 529 g/mol. The molecule has 0 unspecified atom stereocenters. The molecule has 29 heavy (non-hydrogen) atoms. The molecular weight excluding hydrogens is 503 g/mol. The van der Waals surface area contributed by atoms with Gasteiger partial charge in [-0.15, -0.1) is 0 Å². The van der Waals surface area contributed by atoms with Crippen LogP contribution in [0.25, 0.3) is 0 Å². The summed E-state index contributed by atoms with van der Waals surface area (Å²) in [6.07, 6.45) is 0.816. The number of hydrogen-bond donors (Lipinski definition) is 1. The summed E-state index contributed by atoms with van der Waals surface area (Å²) in [5.74, 6) is 0.150. The summed E-state index contributed by atoms with van der Waals surface area (Å²) < 4.78 is 6.73. The quantitative estimate of drug-likeness (QED) is 0.482. The van der Waals surface area contributed by atoms with Crippen molar-refractivity contribution in [2.45, 2.75) is 45.8 Å². The van der Waals surface area contributed by atoms with Crippen molar-refractivity contribution in [3.63, 3.8) is 0 Å². The number of benzene rings is 2. The van der Waals surface area contributed by atoms with Gasteiger partial charge in [0.25, 0.3) is 5.91 Å². The van der Waals surface area contributed by atoms with Crippen molar-refractivity contribution >= 4 is 46.0 Å². The second-order valence-corrected chi connectivity index (χ2v) is 8.57. The molecule has 0 spiro atoms. The standard InChI is InChI=1S/C22H26ClIN2O3/c1-4-15(2)25-22(28)16(3)26(13-17-6-5-7-18(23)12-17)21(27)14-29-20-10-8-19(24)9-11-20/h5-12,15-16H,4,13-14H2,1-3H3,(H,25,28)/t15-,16-/m1/s1. The topological polar surface area (TPSA) is 58.6 Å². The first-order chi connectivity index (χ1) is 13.8. The second kappa shape index (κ2) is 11.4. The number of carbonyl (C=O) groups excluding carboxylic acids is 2. The van der Waals surface area contributed by atoms with E-state index < -0.39 is 6.04 Å². The Morgan fingerprint density at radius 2 is 1.86 bits per heavy atom. The molecule has 156 valence electrons. The molecule has 0 fully saturated rings. The first kappa shape index (κ1) is 23.5. The van der Waals surface area contributed by atoms with E-state index in [9.17, 15) is 9.59 Å². The summed E-state index contributed by atoms with van der Waals surface area (Å²) in [6.45, 7) is 5.78. The van der Waals surface area contributed by atoms with Gasteiger partial charge in [-0.2, -0.15) is 0 Å². The third-order valence-electron chi connectivity index (χ3n) is 4.59. The maximum atomic E-state index is 13.0. The van der Waals surface area contributed by atoms with Crippen molar-refractivity contribution in [1.29, 1.82) is 0 Å². The van der Waals surface area contributed by atoms with Crippen LogP contribution >= 0.6 is 34.2 Å². The minimum atomic E-state index is -0.643. The lowest BCUT2D eigenvalue weighted by molar-refractivity contribution is -0.142. The largest absolute Gasteiger partial charge is 0.484 e. The molecular formula is C22H26ClIN2O3. The molecule has 0 saturated carbocycles. The van der Waals surface area contributed by atoms with Gasteiger partial charge < -0.3 is 15.0 Å². The minimum Gasteiger partial charge on any atom is -0.484 e. The van der Waals surface area contributed by atoms with Gasteiger partial charge >= 0.3 is 0 Å². The lowest BCUT2D eigenvalue weighted by Crippen LogP contribution is -2.50. The molecule has 2 aromatic carbocycles. The summed E-state index contributed by atoms with van der Waals surface area (Å²) in [6, 6.07) is 14.1. The first-order valence-electron chi connectivity index (χ1n) is 9.52. The molecule has 0 heterocycles. The lowest BCUT2D eigenvalue weighted by Gasteiger charge is -2.29. The van der Waals surface area contributed by atoms with Crippen LogP contribution in [0.15, 0.2) is 48.5 Å². The zero-order valence-electron chi connectivity index (χ0n) is 16.8. The molecule has 0 bridgehead atoms. The number of nitrogens with zero attached hydrogens (tertiary/aromatic N) is 1. The van der Waals surface area contributed by atoms with Gasteiger partial charge in [0, 0.05) is 21.2 Å². The highest BCUT2D eigenvalue weighted by Gasteiger charge is 2.27. The SMILES string of the molecule is CC[C@@H](C)NC(=O)[C@@H](C)N(Cc1cccc(Cl)c1)C(=O)COc1ccc(I)cc1. The number of rotatable bonds is 9. The van der Waals surface area contributed by atoms with Crippen LogP contribution in [-0.4, -0.2) is 35.4 Å². The van der Waals surface area contributed by atoms with Crippen LogP contribution in [0, 0.1) is 3.57 Å². The van der Waals surface area contributed by atoms with Gasteiger partial charge in [0.2, 0.25) is 5.91 Å². The Morgan fingerprint density at radius 3 is 2.48 bits per heavy atom. The molecule has 2 amide bonds. The Labute approximate surface area is 190 Å². The fraction of sp³-hybridized carbons (Fsp3) is 0.364. The van der Waals surface area contributed by atoms with Crippen LogP contribution < -0.4 is 10.1 Å². The highest BCUT2D eigenvalue weighted by atomic mass is 127. The molecule has 0 aliphatic carbocycles. The number of hydrogen-bond acceptors (Lipinski definition) is 3. The molecule has 5 nitrogen and oxygen atoms in total. The van der Waals surface area contributed by atoms with Crippen LogP contribution in [0.3, 0.4) is 0 Å². The molecule has 2 rings (SSSR count). The average Bonchev–Trinajstić information content (AvgIpc) is 2.70. The normalized spacial score (nSPS) is 12.7. The Hall–Kier alpha value is -1.80. The van der Waals surface area contributed by atoms with Crippen LogP contribution in [0.1, 0.15) is 32.8 Å². The van der Waals surface area contributed by atoms with E-state index in [1.54, 1.807) is 19.1 Å². The number of amides is 2. The monoisotopic (exact) mass is 528 g/mol. The highest BCUT2D eigenvalue weighted by molar-refractivity contribution is 14.1. The third kappa shape index (κ3) is 7.51. The summed E-state index contributed by atoms with van der Waals surface area (Å²) >= 11 is 8.29. The fourth-order valence-electron chi connectivity index (χ4n) is 2.64. The van der Waals surface area contributed by atoms with Gasteiger partial charge in [-0.05, 0) is 84.8 Å². The maximum Gasteiger partial charge on any atom is 0.261 e. The molecule has 2 aromatic rings. The fourth-order valence-corrected chi connectivity index (χ4v) is 3.21. The van der Waals surface area contributed by atoms with E-state index in [1.165, 1.54) is 4.90 Å². The van der Waals surface area contributed by atoms with Crippen molar-refractivity contribution in [3.05, 3.63) is 62.7 Å². The third-order valence-corrected chi connectivity index (χ3v) is 5.54. The molecule has 1 N–H and O–H groups in total. The number of carbonyl (C=O) groups is 2. The zero-order chi connectivity index (χ0) is 21.4. The predicted octanol–water partition coefficient (Wildman–Crippen LogP) is 4.66. The lowest BCUT2D eigenvalue weighted by atomic mass is 10.1.